The second-order valence-corrected chi connectivity index (χ2v) is 6.58. The second-order valence-electron chi connectivity index (χ2n) is 4.22. The van der Waals surface area contributed by atoms with Crippen LogP contribution in [0.5, 0.6) is 0 Å². The lowest BCUT2D eigenvalue weighted by atomic mass is 10.1. The van der Waals surface area contributed by atoms with Crippen molar-refractivity contribution in [2.24, 2.45) is 0 Å². The molecule has 0 bridgehead atoms. The van der Waals surface area contributed by atoms with E-state index in [1.165, 1.54) is 6.08 Å². The molecule has 1 aliphatic heterocycles. The summed E-state index contributed by atoms with van der Waals surface area (Å²) in [6.45, 7) is 8.24. The van der Waals surface area contributed by atoms with Gasteiger partial charge in [-0.3, -0.25) is 9.59 Å². The molecular weight excluding hydrogens is 278 g/mol. The Morgan fingerprint density at radius 1 is 1.00 bits per heavy atom. The van der Waals surface area contributed by atoms with Crippen molar-refractivity contribution in [2.45, 2.75) is 40.5 Å². The highest BCUT2D eigenvalue weighted by atomic mass is 28.4. The molecule has 0 atom stereocenters. The maximum atomic E-state index is 12.4. The number of nitrogens with zero attached hydrogens (tertiary/aromatic N) is 1. The highest BCUT2D eigenvalue weighted by molar-refractivity contribution is 6.65. The van der Waals surface area contributed by atoms with E-state index in [1.54, 1.807) is 20.8 Å². The fourth-order valence-corrected chi connectivity index (χ4v) is 4.55. The highest BCUT2D eigenvalue weighted by Crippen LogP contribution is 2.26. The van der Waals surface area contributed by atoms with Crippen LogP contribution >= 0.6 is 0 Å². The van der Waals surface area contributed by atoms with E-state index >= 15 is 0 Å². The number of amides is 2. The fraction of sp³-hybridized carbons (Fsp3) is 0.692. The number of hydrogen-bond donors (Lipinski definition) is 0. The van der Waals surface area contributed by atoms with Gasteiger partial charge in [0.25, 0.3) is 11.8 Å². The Hall–Kier alpha value is -1.02. The molecule has 2 amide bonds. The van der Waals surface area contributed by atoms with E-state index in [1.807, 2.05) is 6.92 Å². The Labute approximate surface area is 121 Å². The van der Waals surface area contributed by atoms with E-state index in [9.17, 15) is 9.59 Å². The van der Waals surface area contributed by atoms with E-state index < -0.39 is 14.9 Å². The SMILES string of the molecule is CCCC1=CC(=O)N([Si](OCC)(OCC)OCC)C1=O. The lowest BCUT2D eigenvalue weighted by Gasteiger charge is -2.33. The van der Waals surface area contributed by atoms with Gasteiger partial charge in [-0.1, -0.05) is 13.3 Å². The zero-order valence-corrected chi connectivity index (χ0v) is 13.6. The van der Waals surface area contributed by atoms with Gasteiger partial charge in [0.2, 0.25) is 0 Å². The molecule has 20 heavy (non-hydrogen) atoms. The maximum Gasteiger partial charge on any atom is 0.643 e. The molecule has 0 spiro atoms. The lowest BCUT2D eigenvalue weighted by Crippen LogP contribution is -2.63. The molecule has 1 aliphatic rings. The third kappa shape index (κ3) is 3.35. The van der Waals surface area contributed by atoms with Gasteiger partial charge in [0.1, 0.15) is 0 Å². The molecular formula is C13H23NO5Si. The zero-order chi connectivity index (χ0) is 15.2. The van der Waals surface area contributed by atoms with Gasteiger partial charge in [0.15, 0.2) is 0 Å². The van der Waals surface area contributed by atoms with Crippen LogP contribution in [0.15, 0.2) is 11.6 Å². The van der Waals surface area contributed by atoms with Gasteiger partial charge in [-0.15, -0.1) is 0 Å². The Morgan fingerprint density at radius 3 is 1.90 bits per heavy atom. The van der Waals surface area contributed by atoms with Crippen molar-refractivity contribution in [1.82, 2.24) is 4.57 Å². The highest BCUT2D eigenvalue weighted by Gasteiger charge is 2.57. The second kappa shape index (κ2) is 7.68. The third-order valence-corrected chi connectivity index (χ3v) is 5.70. The van der Waals surface area contributed by atoms with Gasteiger partial charge in [-0.2, -0.15) is 0 Å². The van der Waals surface area contributed by atoms with Crippen molar-refractivity contribution in [3.05, 3.63) is 11.6 Å². The predicted molar refractivity (Wildman–Crippen MR) is 75.5 cm³/mol. The smallest absolute Gasteiger partial charge is 0.356 e. The Morgan fingerprint density at radius 2 is 1.50 bits per heavy atom. The van der Waals surface area contributed by atoms with Crippen LogP contribution in [-0.2, 0) is 22.9 Å². The molecule has 6 nitrogen and oxygen atoms in total. The number of imide groups is 1. The van der Waals surface area contributed by atoms with Crippen LogP contribution < -0.4 is 0 Å². The van der Waals surface area contributed by atoms with Crippen molar-refractivity contribution in [3.8, 4) is 0 Å². The minimum Gasteiger partial charge on any atom is -0.356 e. The normalized spacial score (nSPS) is 16.0. The number of rotatable bonds is 9. The van der Waals surface area contributed by atoms with Crippen molar-refractivity contribution in [2.75, 3.05) is 19.8 Å². The number of hydrogen-bond acceptors (Lipinski definition) is 5. The molecule has 0 aromatic rings. The Balaban J connectivity index is 3.08. The van der Waals surface area contributed by atoms with Crippen LogP contribution in [0.2, 0.25) is 0 Å². The van der Waals surface area contributed by atoms with Crippen LogP contribution in [-0.4, -0.2) is 45.2 Å². The summed E-state index contributed by atoms with van der Waals surface area (Å²) in [6, 6.07) is 0. The van der Waals surface area contributed by atoms with Crippen molar-refractivity contribution < 1.29 is 22.9 Å². The van der Waals surface area contributed by atoms with E-state index in [2.05, 4.69) is 0 Å². The summed E-state index contributed by atoms with van der Waals surface area (Å²) in [6.07, 6.45) is 2.73. The van der Waals surface area contributed by atoms with Crippen molar-refractivity contribution in [1.29, 1.82) is 0 Å². The number of carbonyl (C=O) groups is 2. The monoisotopic (exact) mass is 301 g/mol. The molecule has 0 aliphatic carbocycles. The molecule has 0 aromatic heterocycles. The van der Waals surface area contributed by atoms with E-state index in [0.717, 1.165) is 11.0 Å². The summed E-state index contributed by atoms with van der Waals surface area (Å²) < 4.78 is 17.9. The molecule has 0 aromatic carbocycles. The van der Waals surface area contributed by atoms with Crippen LogP contribution in [0.3, 0.4) is 0 Å². The standard InChI is InChI=1S/C13H23NO5Si/c1-5-9-11-10-12(15)14(13(11)16)20(17-6-2,18-7-3)19-8-4/h10H,5-9H2,1-4H3. The van der Waals surface area contributed by atoms with Crippen LogP contribution in [0.25, 0.3) is 0 Å². The first kappa shape index (κ1) is 17.0. The van der Waals surface area contributed by atoms with Gasteiger partial charge >= 0.3 is 8.97 Å². The predicted octanol–water partition coefficient (Wildman–Crippen LogP) is 1.63. The molecule has 1 rings (SSSR count). The Kier molecular flexibility index (Phi) is 6.54. The molecule has 0 unspecified atom stereocenters. The summed E-state index contributed by atoms with van der Waals surface area (Å²) in [7, 11) is -3.48. The molecule has 114 valence electrons. The minimum absolute atomic E-state index is 0.312. The third-order valence-electron chi connectivity index (χ3n) is 2.77. The molecule has 0 saturated carbocycles. The van der Waals surface area contributed by atoms with Gasteiger partial charge in [0.05, 0.1) is 0 Å². The molecule has 0 N–H and O–H groups in total. The minimum atomic E-state index is -3.48. The molecule has 7 heteroatoms. The molecule has 0 radical (unpaired) electrons. The molecule has 0 fully saturated rings. The van der Waals surface area contributed by atoms with Gasteiger partial charge in [0, 0.05) is 31.5 Å². The van der Waals surface area contributed by atoms with E-state index in [-0.39, 0.29) is 5.91 Å². The first-order valence-corrected chi connectivity index (χ1v) is 8.74. The summed E-state index contributed by atoms with van der Waals surface area (Å²) in [5.41, 5.74) is 0.494. The van der Waals surface area contributed by atoms with Crippen LogP contribution in [0.4, 0.5) is 0 Å². The largest absolute Gasteiger partial charge is 0.643 e. The van der Waals surface area contributed by atoms with E-state index in [4.69, 9.17) is 13.3 Å². The van der Waals surface area contributed by atoms with Crippen LogP contribution in [0, 0.1) is 0 Å². The summed E-state index contributed by atoms with van der Waals surface area (Å²) in [5.74, 6) is -0.751. The van der Waals surface area contributed by atoms with Gasteiger partial charge < -0.3 is 13.3 Å². The summed E-state index contributed by atoms with van der Waals surface area (Å²) in [5, 5.41) is 0. The molecule has 0 saturated heterocycles. The zero-order valence-electron chi connectivity index (χ0n) is 12.6. The van der Waals surface area contributed by atoms with E-state index in [0.29, 0.717) is 31.8 Å². The van der Waals surface area contributed by atoms with Gasteiger partial charge in [-0.25, -0.2) is 4.57 Å². The fourth-order valence-electron chi connectivity index (χ4n) is 2.09. The maximum absolute atomic E-state index is 12.4. The molecule has 1 heterocycles. The quantitative estimate of drug-likeness (QED) is 0.478. The first-order chi connectivity index (χ1) is 9.56. The lowest BCUT2D eigenvalue weighted by molar-refractivity contribution is -0.137. The van der Waals surface area contributed by atoms with Crippen LogP contribution in [0.1, 0.15) is 40.5 Å². The number of carbonyl (C=O) groups excluding carboxylic acids is 2. The Bertz CT molecular complexity index is 379. The van der Waals surface area contributed by atoms with Gasteiger partial charge in [-0.05, 0) is 27.2 Å². The van der Waals surface area contributed by atoms with Crippen molar-refractivity contribution in [3.63, 3.8) is 0 Å². The summed E-state index contributed by atoms with van der Waals surface area (Å²) >= 11 is 0. The van der Waals surface area contributed by atoms with Crippen molar-refractivity contribution >= 4 is 20.8 Å². The topological polar surface area (TPSA) is 65.1 Å². The summed E-state index contributed by atoms with van der Waals surface area (Å²) in [4.78, 5) is 24.6. The first-order valence-electron chi connectivity index (χ1n) is 7.07. The average molecular weight is 301 g/mol. The average Bonchev–Trinajstić information content (AvgIpc) is 2.66.